The molecule has 1 fully saturated rings. The van der Waals surface area contributed by atoms with Crippen LogP contribution in [0.3, 0.4) is 0 Å². The summed E-state index contributed by atoms with van der Waals surface area (Å²) in [5.74, 6) is 1.69. The monoisotopic (exact) mass is 406 g/mol. The van der Waals surface area contributed by atoms with Gasteiger partial charge in [-0.1, -0.05) is 60.5 Å². The van der Waals surface area contributed by atoms with Crippen LogP contribution >= 0.6 is 11.9 Å². The Kier molecular flexibility index (Phi) is 6.77. The zero-order valence-electron chi connectivity index (χ0n) is 16.5. The average molecular weight is 407 g/mol. The van der Waals surface area contributed by atoms with Crippen molar-refractivity contribution in [1.29, 1.82) is 0 Å². The third kappa shape index (κ3) is 5.56. The van der Waals surface area contributed by atoms with Gasteiger partial charge in [0.15, 0.2) is 0 Å². The minimum Gasteiger partial charge on any atom is -0.310 e. The number of fused-ring (bicyclic) bond motifs is 1. The quantitative estimate of drug-likeness (QED) is 0.607. The predicted molar refractivity (Wildman–Crippen MR) is 121 cm³/mol. The van der Waals surface area contributed by atoms with E-state index in [4.69, 9.17) is 0 Å². The molecule has 1 saturated heterocycles. The zero-order chi connectivity index (χ0) is 19.9. The van der Waals surface area contributed by atoms with E-state index in [2.05, 4.69) is 62.0 Å². The van der Waals surface area contributed by atoms with Gasteiger partial charge >= 0.3 is 0 Å². The van der Waals surface area contributed by atoms with Gasteiger partial charge in [-0.2, -0.15) is 0 Å². The van der Waals surface area contributed by atoms with E-state index in [1.807, 2.05) is 30.1 Å². The second-order valence-electron chi connectivity index (χ2n) is 7.19. The molecule has 6 heteroatoms. The Morgan fingerprint density at radius 1 is 0.966 bits per heavy atom. The number of amides is 1. The van der Waals surface area contributed by atoms with E-state index in [0.29, 0.717) is 12.4 Å². The highest BCUT2D eigenvalue weighted by atomic mass is 32.2. The van der Waals surface area contributed by atoms with Gasteiger partial charge in [-0.15, -0.1) is 0 Å². The van der Waals surface area contributed by atoms with Gasteiger partial charge in [0.25, 0.3) is 0 Å². The Morgan fingerprint density at radius 2 is 1.76 bits per heavy atom. The topological polar surface area (TPSA) is 48.5 Å². The van der Waals surface area contributed by atoms with Gasteiger partial charge in [0.05, 0.1) is 6.54 Å². The highest BCUT2D eigenvalue weighted by Gasteiger charge is 2.19. The molecule has 1 aromatic heterocycles. The molecule has 2 aromatic carbocycles. The third-order valence-corrected chi connectivity index (χ3v) is 6.27. The predicted octanol–water partition coefficient (Wildman–Crippen LogP) is 3.68. The molecule has 4 rings (SSSR count). The van der Waals surface area contributed by atoms with Gasteiger partial charge in [-0.05, 0) is 34.9 Å². The van der Waals surface area contributed by atoms with Crippen molar-refractivity contribution in [1.82, 2.24) is 14.2 Å². The molecule has 29 heavy (non-hydrogen) atoms. The van der Waals surface area contributed by atoms with Crippen LogP contribution in [0.1, 0.15) is 5.56 Å². The van der Waals surface area contributed by atoms with Gasteiger partial charge in [-0.25, -0.2) is 9.29 Å². The molecule has 1 aliphatic rings. The van der Waals surface area contributed by atoms with Crippen LogP contribution in [0.15, 0.2) is 66.9 Å². The SMILES string of the molecule is O=C(CN1CCN(SCCc2cccc3ccccc23)CC1)Nc1ccccn1. The Hall–Kier alpha value is -2.41. The van der Waals surface area contributed by atoms with Crippen LogP contribution in [0.2, 0.25) is 0 Å². The number of hydrogen-bond donors (Lipinski definition) is 1. The Morgan fingerprint density at radius 3 is 2.59 bits per heavy atom. The Labute approximate surface area is 176 Å². The molecule has 1 N–H and O–H groups in total. The summed E-state index contributed by atoms with van der Waals surface area (Å²) in [5, 5.41) is 5.53. The number of nitrogens with zero attached hydrogens (tertiary/aromatic N) is 3. The summed E-state index contributed by atoms with van der Waals surface area (Å²) in [4.78, 5) is 18.5. The summed E-state index contributed by atoms with van der Waals surface area (Å²) < 4.78 is 2.43. The maximum Gasteiger partial charge on any atom is 0.239 e. The molecule has 2 heterocycles. The number of piperazine rings is 1. The lowest BCUT2D eigenvalue weighted by Gasteiger charge is -2.33. The number of carbonyl (C=O) groups excluding carboxylic acids is 1. The Balaban J connectivity index is 1.19. The van der Waals surface area contributed by atoms with Crippen molar-refractivity contribution in [3.05, 3.63) is 72.4 Å². The van der Waals surface area contributed by atoms with Crippen molar-refractivity contribution < 1.29 is 4.79 Å². The molecule has 0 bridgehead atoms. The maximum atomic E-state index is 12.2. The number of hydrogen-bond acceptors (Lipinski definition) is 5. The van der Waals surface area contributed by atoms with Crippen LogP contribution in [0.25, 0.3) is 10.8 Å². The Bertz CT molecular complexity index is 937. The molecule has 1 aliphatic heterocycles. The largest absolute Gasteiger partial charge is 0.310 e. The van der Waals surface area contributed by atoms with Crippen LogP contribution in [0.4, 0.5) is 5.82 Å². The number of rotatable bonds is 7. The van der Waals surface area contributed by atoms with E-state index < -0.39 is 0 Å². The first kappa shape index (κ1) is 19.9. The molecule has 5 nitrogen and oxygen atoms in total. The van der Waals surface area contributed by atoms with Gasteiger partial charge in [0.1, 0.15) is 5.82 Å². The van der Waals surface area contributed by atoms with E-state index in [0.717, 1.165) is 38.4 Å². The molecular weight excluding hydrogens is 380 g/mol. The summed E-state index contributed by atoms with van der Waals surface area (Å²) in [6.45, 7) is 4.22. The first-order valence-electron chi connectivity index (χ1n) is 10.1. The molecule has 1 amide bonds. The highest BCUT2D eigenvalue weighted by Crippen LogP contribution is 2.21. The molecule has 0 radical (unpaired) electrons. The summed E-state index contributed by atoms with van der Waals surface area (Å²) in [6.07, 6.45) is 2.75. The van der Waals surface area contributed by atoms with Crippen molar-refractivity contribution in [2.24, 2.45) is 0 Å². The van der Waals surface area contributed by atoms with Crippen molar-refractivity contribution in [2.45, 2.75) is 6.42 Å². The number of benzene rings is 2. The van der Waals surface area contributed by atoms with Gasteiger partial charge < -0.3 is 5.32 Å². The summed E-state index contributed by atoms with van der Waals surface area (Å²) >= 11 is 1.92. The normalized spacial score (nSPS) is 15.4. The molecular formula is C23H26N4OS. The van der Waals surface area contributed by atoms with Gasteiger partial charge in [-0.3, -0.25) is 9.69 Å². The van der Waals surface area contributed by atoms with Crippen LogP contribution in [-0.4, -0.2) is 58.6 Å². The lowest BCUT2D eigenvalue weighted by Crippen LogP contribution is -2.46. The molecule has 0 saturated carbocycles. The van der Waals surface area contributed by atoms with E-state index in [9.17, 15) is 4.79 Å². The second kappa shape index (κ2) is 9.87. The average Bonchev–Trinajstić information content (AvgIpc) is 2.76. The molecule has 150 valence electrons. The molecule has 0 aliphatic carbocycles. The van der Waals surface area contributed by atoms with E-state index in [1.54, 1.807) is 6.20 Å². The lowest BCUT2D eigenvalue weighted by atomic mass is 10.0. The molecule has 0 unspecified atom stereocenters. The first-order chi connectivity index (χ1) is 14.3. The number of aryl methyl sites for hydroxylation is 1. The molecule has 0 spiro atoms. The second-order valence-corrected chi connectivity index (χ2v) is 8.37. The lowest BCUT2D eigenvalue weighted by molar-refractivity contribution is -0.117. The fourth-order valence-corrected chi connectivity index (χ4v) is 4.62. The fourth-order valence-electron chi connectivity index (χ4n) is 3.63. The van der Waals surface area contributed by atoms with Gasteiger partial charge in [0, 0.05) is 38.1 Å². The number of aromatic nitrogens is 1. The number of pyridine rings is 1. The summed E-state index contributed by atoms with van der Waals surface area (Å²) in [6, 6.07) is 20.7. The van der Waals surface area contributed by atoms with E-state index in [1.165, 1.54) is 16.3 Å². The van der Waals surface area contributed by atoms with Crippen LogP contribution < -0.4 is 5.32 Å². The van der Waals surface area contributed by atoms with Gasteiger partial charge in [0.2, 0.25) is 5.91 Å². The standard InChI is InChI=1S/C23H26N4OS/c28-23(25-22-10-3-4-12-24-22)18-26-13-15-27(16-14-26)29-17-11-20-8-5-7-19-6-1-2-9-21(19)20/h1-10,12H,11,13-18H2,(H,24,25,28). The van der Waals surface area contributed by atoms with Crippen molar-refractivity contribution in [3.63, 3.8) is 0 Å². The number of carbonyl (C=O) groups is 1. The maximum absolute atomic E-state index is 12.2. The van der Waals surface area contributed by atoms with Crippen molar-refractivity contribution in [2.75, 3.05) is 43.8 Å². The minimum absolute atomic E-state index is 0.000703. The van der Waals surface area contributed by atoms with Crippen molar-refractivity contribution in [3.8, 4) is 0 Å². The van der Waals surface area contributed by atoms with Crippen LogP contribution in [0.5, 0.6) is 0 Å². The third-order valence-electron chi connectivity index (χ3n) is 5.16. The summed E-state index contributed by atoms with van der Waals surface area (Å²) in [5.41, 5.74) is 1.42. The van der Waals surface area contributed by atoms with E-state index in [-0.39, 0.29) is 5.91 Å². The first-order valence-corrected chi connectivity index (χ1v) is 11.0. The zero-order valence-corrected chi connectivity index (χ0v) is 17.3. The number of anilines is 1. The number of nitrogens with one attached hydrogen (secondary N) is 1. The minimum atomic E-state index is 0.000703. The molecule has 3 aromatic rings. The fraction of sp³-hybridized carbons (Fsp3) is 0.304. The summed E-state index contributed by atoms with van der Waals surface area (Å²) in [7, 11) is 0. The highest BCUT2D eigenvalue weighted by molar-refractivity contribution is 7.97. The smallest absolute Gasteiger partial charge is 0.239 e. The van der Waals surface area contributed by atoms with E-state index >= 15 is 0 Å². The van der Waals surface area contributed by atoms with Crippen LogP contribution in [0, 0.1) is 0 Å². The van der Waals surface area contributed by atoms with Crippen molar-refractivity contribution >= 4 is 34.4 Å². The van der Waals surface area contributed by atoms with Crippen LogP contribution in [-0.2, 0) is 11.2 Å². The molecule has 0 atom stereocenters.